The molecule has 1 aromatic heterocycles. The third-order valence-electron chi connectivity index (χ3n) is 1.12. The number of aromatic nitrogens is 1. The predicted octanol–water partition coefficient (Wildman–Crippen LogP) is 1.06. The van der Waals surface area contributed by atoms with E-state index in [1.54, 1.807) is 13.0 Å². The Labute approximate surface area is 65.0 Å². The summed E-state index contributed by atoms with van der Waals surface area (Å²) in [6.45, 7) is 2.15. The lowest BCUT2D eigenvalue weighted by molar-refractivity contribution is 0.0526. The second kappa shape index (κ2) is 3.71. The van der Waals surface area contributed by atoms with Crippen LogP contribution in [0.3, 0.4) is 0 Å². The number of pyridine rings is 1. The molecule has 0 atom stereocenters. The van der Waals surface area contributed by atoms with Gasteiger partial charge in [-0.05, 0) is 13.0 Å². The Hall–Kier alpha value is -1.38. The average molecular weight is 150 g/mol. The lowest BCUT2D eigenvalue weighted by Crippen LogP contribution is -2.04. The van der Waals surface area contributed by atoms with E-state index in [-0.39, 0.29) is 5.97 Å². The minimum atomic E-state index is -0.352. The molecule has 0 fully saturated rings. The highest BCUT2D eigenvalue weighted by molar-refractivity contribution is 5.88. The summed E-state index contributed by atoms with van der Waals surface area (Å²) < 4.78 is 4.73. The monoisotopic (exact) mass is 150 g/mol. The molecule has 0 saturated carbocycles. The van der Waals surface area contributed by atoms with Crippen LogP contribution in [0, 0.1) is 6.07 Å². The number of rotatable bonds is 2. The summed E-state index contributed by atoms with van der Waals surface area (Å²) in [5, 5.41) is 0. The molecular formula is C8H8NO2. The Morgan fingerprint density at radius 2 is 2.64 bits per heavy atom. The molecule has 3 heteroatoms. The second-order valence-corrected chi connectivity index (χ2v) is 1.87. The molecule has 0 aliphatic carbocycles. The summed E-state index contributed by atoms with van der Waals surface area (Å²) in [7, 11) is 0. The Morgan fingerprint density at radius 1 is 1.82 bits per heavy atom. The first-order valence-electron chi connectivity index (χ1n) is 3.33. The lowest BCUT2D eigenvalue weighted by atomic mass is 10.3. The molecule has 1 rings (SSSR count). The van der Waals surface area contributed by atoms with Crippen LogP contribution in [0.1, 0.15) is 17.3 Å². The van der Waals surface area contributed by atoms with Crippen molar-refractivity contribution in [1.82, 2.24) is 4.98 Å². The van der Waals surface area contributed by atoms with E-state index in [1.165, 1.54) is 12.4 Å². The highest BCUT2D eigenvalue weighted by atomic mass is 16.5. The van der Waals surface area contributed by atoms with E-state index >= 15 is 0 Å². The van der Waals surface area contributed by atoms with Crippen LogP contribution in [-0.4, -0.2) is 17.6 Å². The van der Waals surface area contributed by atoms with Crippen LogP contribution in [0.2, 0.25) is 0 Å². The first-order chi connectivity index (χ1) is 5.34. The maximum Gasteiger partial charge on any atom is 0.338 e. The molecule has 1 aromatic rings. The van der Waals surface area contributed by atoms with Crippen LogP contribution in [0.25, 0.3) is 0 Å². The quantitative estimate of drug-likeness (QED) is 0.592. The highest BCUT2D eigenvalue weighted by Crippen LogP contribution is 1.97. The smallest absolute Gasteiger partial charge is 0.338 e. The van der Waals surface area contributed by atoms with Gasteiger partial charge in [0.1, 0.15) is 0 Å². The van der Waals surface area contributed by atoms with Crippen molar-refractivity contribution in [2.75, 3.05) is 6.61 Å². The van der Waals surface area contributed by atoms with Crippen LogP contribution in [0.5, 0.6) is 0 Å². The van der Waals surface area contributed by atoms with Crippen LogP contribution in [0.15, 0.2) is 18.5 Å². The summed E-state index contributed by atoms with van der Waals surface area (Å²) in [4.78, 5) is 14.7. The summed E-state index contributed by atoms with van der Waals surface area (Å²) in [5.74, 6) is -0.352. The largest absolute Gasteiger partial charge is 0.462 e. The molecule has 0 aliphatic heterocycles. The van der Waals surface area contributed by atoms with Crippen molar-refractivity contribution in [3.05, 3.63) is 30.1 Å². The average Bonchev–Trinajstić information content (AvgIpc) is 2.07. The molecule has 11 heavy (non-hydrogen) atoms. The van der Waals surface area contributed by atoms with Gasteiger partial charge in [0, 0.05) is 18.5 Å². The minimum absolute atomic E-state index is 0.352. The predicted molar refractivity (Wildman–Crippen MR) is 39.0 cm³/mol. The fraction of sp³-hybridized carbons (Fsp3) is 0.250. The van der Waals surface area contributed by atoms with Crippen molar-refractivity contribution in [1.29, 1.82) is 0 Å². The molecule has 1 heterocycles. The Balaban J connectivity index is 2.69. The molecule has 57 valence electrons. The number of nitrogens with zero attached hydrogens (tertiary/aromatic N) is 1. The number of ether oxygens (including phenoxy) is 1. The van der Waals surface area contributed by atoms with E-state index in [0.717, 1.165) is 0 Å². The molecular weight excluding hydrogens is 142 g/mol. The van der Waals surface area contributed by atoms with E-state index in [0.29, 0.717) is 12.2 Å². The molecule has 0 aliphatic rings. The normalized spacial score (nSPS) is 9.18. The number of esters is 1. The van der Waals surface area contributed by atoms with Crippen molar-refractivity contribution in [3.63, 3.8) is 0 Å². The first-order valence-corrected chi connectivity index (χ1v) is 3.33. The number of carbonyl (C=O) groups is 1. The van der Waals surface area contributed by atoms with Crippen LogP contribution >= 0.6 is 0 Å². The molecule has 3 nitrogen and oxygen atoms in total. The summed E-state index contributed by atoms with van der Waals surface area (Å²) >= 11 is 0. The van der Waals surface area contributed by atoms with Gasteiger partial charge in [0.25, 0.3) is 0 Å². The van der Waals surface area contributed by atoms with E-state index in [4.69, 9.17) is 4.74 Å². The summed E-state index contributed by atoms with van der Waals surface area (Å²) in [5.41, 5.74) is 0.418. The third-order valence-corrected chi connectivity index (χ3v) is 1.12. The van der Waals surface area contributed by atoms with E-state index in [2.05, 4.69) is 11.1 Å². The zero-order valence-electron chi connectivity index (χ0n) is 6.20. The molecule has 0 aromatic carbocycles. The van der Waals surface area contributed by atoms with Crippen molar-refractivity contribution in [2.24, 2.45) is 0 Å². The van der Waals surface area contributed by atoms with Gasteiger partial charge in [-0.1, -0.05) is 0 Å². The molecule has 0 spiro atoms. The van der Waals surface area contributed by atoms with Gasteiger partial charge in [0.2, 0.25) is 0 Å². The molecule has 0 saturated heterocycles. The van der Waals surface area contributed by atoms with Gasteiger partial charge in [0.05, 0.1) is 12.2 Å². The zero-order valence-corrected chi connectivity index (χ0v) is 6.20. The second-order valence-electron chi connectivity index (χ2n) is 1.87. The Bertz CT molecular complexity index is 233. The van der Waals surface area contributed by atoms with E-state index in [1.807, 2.05) is 0 Å². The first kappa shape index (κ1) is 7.72. The Kier molecular flexibility index (Phi) is 2.60. The molecule has 0 amide bonds. The van der Waals surface area contributed by atoms with Crippen molar-refractivity contribution in [2.45, 2.75) is 6.92 Å². The third kappa shape index (κ3) is 2.04. The summed E-state index contributed by atoms with van der Waals surface area (Å²) in [6.07, 6.45) is 2.97. The van der Waals surface area contributed by atoms with Gasteiger partial charge in [-0.15, -0.1) is 0 Å². The van der Waals surface area contributed by atoms with Gasteiger partial charge < -0.3 is 4.74 Å². The van der Waals surface area contributed by atoms with E-state index in [9.17, 15) is 4.79 Å². The molecule has 0 unspecified atom stereocenters. The molecule has 1 radical (unpaired) electrons. The maximum absolute atomic E-state index is 11.0. The fourth-order valence-corrected chi connectivity index (χ4v) is 0.651. The van der Waals surface area contributed by atoms with Crippen LogP contribution in [0.4, 0.5) is 0 Å². The zero-order chi connectivity index (χ0) is 8.10. The molecule has 0 N–H and O–H groups in total. The lowest BCUT2D eigenvalue weighted by Gasteiger charge is -1.98. The van der Waals surface area contributed by atoms with Crippen molar-refractivity contribution in [3.8, 4) is 0 Å². The Morgan fingerprint density at radius 3 is 3.18 bits per heavy atom. The van der Waals surface area contributed by atoms with E-state index < -0.39 is 0 Å². The van der Waals surface area contributed by atoms with Crippen molar-refractivity contribution >= 4 is 5.97 Å². The SMILES string of the molecule is CCOC(=O)c1[c]cncc1. The maximum atomic E-state index is 11.0. The minimum Gasteiger partial charge on any atom is -0.462 e. The fourth-order valence-electron chi connectivity index (χ4n) is 0.651. The topological polar surface area (TPSA) is 39.2 Å². The van der Waals surface area contributed by atoms with Gasteiger partial charge in [-0.2, -0.15) is 0 Å². The summed E-state index contributed by atoms with van der Waals surface area (Å²) in [6, 6.07) is 4.23. The van der Waals surface area contributed by atoms with Gasteiger partial charge in [-0.25, -0.2) is 4.79 Å². The van der Waals surface area contributed by atoms with Gasteiger partial charge >= 0.3 is 5.97 Å². The van der Waals surface area contributed by atoms with Gasteiger partial charge in [-0.3, -0.25) is 4.98 Å². The number of hydrogen-bond acceptors (Lipinski definition) is 3. The number of hydrogen-bond donors (Lipinski definition) is 0. The standard InChI is InChI=1S/C8H8NO2/c1-2-11-8(10)7-3-5-9-6-4-7/h3,5-6H,2H2,1H3. The number of carbonyl (C=O) groups excluding carboxylic acids is 1. The molecule has 0 bridgehead atoms. The van der Waals surface area contributed by atoms with Gasteiger partial charge in [0.15, 0.2) is 0 Å². The van der Waals surface area contributed by atoms with Crippen molar-refractivity contribution < 1.29 is 9.53 Å². The van der Waals surface area contributed by atoms with Crippen LogP contribution in [-0.2, 0) is 4.74 Å². The highest BCUT2D eigenvalue weighted by Gasteiger charge is 2.03. The van der Waals surface area contributed by atoms with Crippen LogP contribution < -0.4 is 0 Å².